The van der Waals surface area contributed by atoms with Crippen molar-refractivity contribution in [2.24, 2.45) is 10.9 Å². The summed E-state index contributed by atoms with van der Waals surface area (Å²) in [5.41, 5.74) is 5.95. The lowest BCUT2D eigenvalue weighted by Crippen LogP contribution is -2.38. The van der Waals surface area contributed by atoms with E-state index in [1.54, 1.807) is 18.2 Å². The third kappa shape index (κ3) is 3.71. The zero-order valence-electron chi connectivity index (χ0n) is 9.73. The fourth-order valence-corrected chi connectivity index (χ4v) is 2.60. The molecule has 0 bridgehead atoms. The van der Waals surface area contributed by atoms with Gasteiger partial charge in [-0.25, -0.2) is 0 Å². The normalized spacial score (nSPS) is 11.4. The Hall–Kier alpha value is -1.08. The van der Waals surface area contributed by atoms with Crippen molar-refractivity contribution in [3.05, 3.63) is 32.7 Å². The maximum atomic E-state index is 12.2. The summed E-state index contributed by atoms with van der Waals surface area (Å²) in [6, 6.07) is 5.30. The molecule has 0 aliphatic rings. The first-order valence-electron chi connectivity index (χ1n) is 5.20. The van der Waals surface area contributed by atoms with Crippen LogP contribution in [-0.2, 0) is 0 Å². The van der Waals surface area contributed by atoms with Gasteiger partial charge < -0.3 is 15.8 Å². The van der Waals surface area contributed by atoms with Gasteiger partial charge in [-0.05, 0) is 41.1 Å². The van der Waals surface area contributed by atoms with Crippen LogP contribution in [0.2, 0.25) is 0 Å². The second-order valence-electron chi connectivity index (χ2n) is 3.53. The number of likely N-dealkylation sites (N-methyl/N-ethyl adjacent to an activating group) is 1. The van der Waals surface area contributed by atoms with Crippen LogP contribution >= 0.6 is 31.9 Å². The Kier molecular flexibility index (Phi) is 5.61. The predicted octanol–water partition coefficient (Wildman–Crippen LogP) is 2.42. The van der Waals surface area contributed by atoms with Crippen molar-refractivity contribution in [2.75, 3.05) is 13.1 Å². The summed E-state index contributed by atoms with van der Waals surface area (Å²) in [4.78, 5) is 13.7. The Morgan fingerprint density at radius 3 is 2.67 bits per heavy atom. The van der Waals surface area contributed by atoms with E-state index in [-0.39, 0.29) is 18.3 Å². The Morgan fingerprint density at radius 1 is 1.50 bits per heavy atom. The van der Waals surface area contributed by atoms with Gasteiger partial charge in [0.2, 0.25) is 0 Å². The molecule has 1 aromatic rings. The molecule has 0 atom stereocenters. The quantitative estimate of drug-likeness (QED) is 0.365. The first-order valence-corrected chi connectivity index (χ1v) is 6.79. The number of benzene rings is 1. The van der Waals surface area contributed by atoms with E-state index in [9.17, 15) is 4.79 Å². The number of carbonyl (C=O) groups excluding carboxylic acids is 1. The topological polar surface area (TPSA) is 78.9 Å². The molecular formula is C11H13Br2N3O2. The summed E-state index contributed by atoms with van der Waals surface area (Å²) in [6.45, 7) is 2.39. The van der Waals surface area contributed by atoms with Crippen LogP contribution in [0, 0.1) is 0 Å². The molecule has 0 saturated heterocycles. The zero-order valence-corrected chi connectivity index (χ0v) is 12.9. The summed E-state index contributed by atoms with van der Waals surface area (Å²) in [7, 11) is 0. The van der Waals surface area contributed by atoms with Crippen LogP contribution in [0.25, 0.3) is 0 Å². The number of carbonyl (C=O) groups is 1. The minimum absolute atomic E-state index is 0.00145. The van der Waals surface area contributed by atoms with Crippen molar-refractivity contribution < 1.29 is 10.0 Å². The molecule has 0 fully saturated rings. The fraction of sp³-hybridized carbons (Fsp3) is 0.273. The second kappa shape index (κ2) is 6.75. The molecule has 0 aliphatic carbocycles. The largest absolute Gasteiger partial charge is 0.409 e. The van der Waals surface area contributed by atoms with E-state index in [0.29, 0.717) is 16.6 Å². The van der Waals surface area contributed by atoms with E-state index < -0.39 is 0 Å². The number of nitrogens with two attached hydrogens (primary N) is 1. The number of amidine groups is 1. The van der Waals surface area contributed by atoms with Gasteiger partial charge in [-0.15, -0.1) is 0 Å². The van der Waals surface area contributed by atoms with E-state index in [2.05, 4.69) is 37.0 Å². The lowest BCUT2D eigenvalue weighted by atomic mass is 10.2. The first kappa shape index (κ1) is 15.0. The van der Waals surface area contributed by atoms with Gasteiger partial charge in [-0.3, -0.25) is 4.79 Å². The van der Waals surface area contributed by atoms with Crippen LogP contribution in [-0.4, -0.2) is 34.9 Å². The van der Waals surface area contributed by atoms with Crippen LogP contribution in [0.3, 0.4) is 0 Å². The van der Waals surface area contributed by atoms with Gasteiger partial charge in [0.15, 0.2) is 5.84 Å². The second-order valence-corrected chi connectivity index (χ2v) is 5.30. The SMILES string of the molecule is CCN(C/C(N)=N/O)C(=O)c1ccc(Br)cc1Br. The molecule has 5 nitrogen and oxygen atoms in total. The summed E-state index contributed by atoms with van der Waals surface area (Å²) in [5, 5.41) is 11.4. The maximum absolute atomic E-state index is 12.2. The third-order valence-electron chi connectivity index (χ3n) is 2.31. The molecular weight excluding hydrogens is 366 g/mol. The Bertz CT molecular complexity index is 477. The van der Waals surface area contributed by atoms with Crippen LogP contribution in [0.4, 0.5) is 0 Å². The molecule has 0 heterocycles. The molecule has 0 saturated carbocycles. The summed E-state index contributed by atoms with van der Waals surface area (Å²) < 4.78 is 1.57. The van der Waals surface area contributed by atoms with E-state index in [1.165, 1.54) is 4.90 Å². The highest BCUT2D eigenvalue weighted by atomic mass is 79.9. The van der Waals surface area contributed by atoms with Crippen LogP contribution < -0.4 is 5.73 Å². The lowest BCUT2D eigenvalue weighted by Gasteiger charge is -2.20. The molecule has 7 heteroatoms. The van der Waals surface area contributed by atoms with Crippen molar-refractivity contribution in [1.29, 1.82) is 0 Å². The molecule has 1 amide bonds. The molecule has 98 valence electrons. The highest BCUT2D eigenvalue weighted by molar-refractivity contribution is 9.11. The fourth-order valence-electron chi connectivity index (χ4n) is 1.39. The Balaban J connectivity index is 2.96. The molecule has 18 heavy (non-hydrogen) atoms. The van der Waals surface area contributed by atoms with E-state index >= 15 is 0 Å². The number of hydrogen-bond donors (Lipinski definition) is 2. The summed E-state index contributed by atoms with van der Waals surface area (Å²) in [6.07, 6.45) is 0. The molecule has 1 aromatic carbocycles. The maximum Gasteiger partial charge on any atom is 0.255 e. The van der Waals surface area contributed by atoms with Crippen molar-refractivity contribution in [3.8, 4) is 0 Å². The van der Waals surface area contributed by atoms with Gasteiger partial charge in [0.1, 0.15) is 0 Å². The number of oxime groups is 1. The number of rotatable bonds is 4. The number of amides is 1. The average molecular weight is 379 g/mol. The molecule has 0 aliphatic heterocycles. The highest BCUT2D eigenvalue weighted by Crippen LogP contribution is 2.23. The van der Waals surface area contributed by atoms with Crippen molar-refractivity contribution >= 4 is 43.6 Å². The van der Waals surface area contributed by atoms with Crippen molar-refractivity contribution in [3.63, 3.8) is 0 Å². The van der Waals surface area contributed by atoms with E-state index in [4.69, 9.17) is 10.9 Å². The molecule has 3 N–H and O–H groups in total. The predicted molar refractivity (Wildman–Crippen MR) is 76.8 cm³/mol. The lowest BCUT2D eigenvalue weighted by molar-refractivity contribution is 0.0785. The highest BCUT2D eigenvalue weighted by Gasteiger charge is 2.18. The molecule has 0 aromatic heterocycles. The Morgan fingerprint density at radius 2 is 2.17 bits per heavy atom. The number of hydrogen-bond acceptors (Lipinski definition) is 3. The standard InChI is InChI=1S/C11H13Br2N3O2/c1-2-16(6-10(14)15-18)11(17)8-4-3-7(12)5-9(8)13/h3-5,18H,2,6H2,1H3,(H2,14,15). The van der Waals surface area contributed by atoms with Crippen LogP contribution in [0.5, 0.6) is 0 Å². The smallest absolute Gasteiger partial charge is 0.255 e. The Labute approximate surface area is 122 Å². The summed E-state index contributed by atoms with van der Waals surface area (Å²) in [5.74, 6) is -0.179. The van der Waals surface area contributed by atoms with Gasteiger partial charge in [0.05, 0.1) is 12.1 Å². The van der Waals surface area contributed by atoms with E-state index in [0.717, 1.165) is 4.47 Å². The zero-order chi connectivity index (χ0) is 13.7. The number of halogens is 2. The van der Waals surface area contributed by atoms with Crippen molar-refractivity contribution in [2.45, 2.75) is 6.92 Å². The third-order valence-corrected chi connectivity index (χ3v) is 3.46. The number of nitrogens with zero attached hydrogens (tertiary/aromatic N) is 2. The van der Waals surface area contributed by atoms with Gasteiger partial charge >= 0.3 is 0 Å². The van der Waals surface area contributed by atoms with E-state index in [1.807, 2.05) is 6.92 Å². The van der Waals surface area contributed by atoms with Crippen LogP contribution in [0.15, 0.2) is 32.3 Å². The monoisotopic (exact) mass is 377 g/mol. The van der Waals surface area contributed by atoms with Gasteiger partial charge in [0, 0.05) is 15.5 Å². The van der Waals surface area contributed by atoms with Crippen LogP contribution in [0.1, 0.15) is 17.3 Å². The molecule has 0 spiro atoms. The molecule has 1 rings (SSSR count). The average Bonchev–Trinajstić information content (AvgIpc) is 2.34. The molecule has 0 unspecified atom stereocenters. The van der Waals surface area contributed by atoms with Gasteiger partial charge in [-0.1, -0.05) is 21.1 Å². The summed E-state index contributed by atoms with van der Waals surface area (Å²) >= 11 is 6.66. The van der Waals surface area contributed by atoms with Gasteiger partial charge in [-0.2, -0.15) is 0 Å². The van der Waals surface area contributed by atoms with Crippen molar-refractivity contribution in [1.82, 2.24) is 4.90 Å². The van der Waals surface area contributed by atoms with Gasteiger partial charge in [0.25, 0.3) is 5.91 Å². The first-order chi connectivity index (χ1) is 8.49. The molecule has 0 radical (unpaired) electrons. The minimum atomic E-state index is -0.177. The minimum Gasteiger partial charge on any atom is -0.409 e.